The van der Waals surface area contributed by atoms with Gasteiger partial charge in [-0.25, -0.2) is 0 Å². The third kappa shape index (κ3) is 3.93. The summed E-state index contributed by atoms with van der Waals surface area (Å²) in [6.45, 7) is 8.34. The van der Waals surface area contributed by atoms with Gasteiger partial charge in [0.25, 0.3) is 0 Å². The third-order valence-corrected chi connectivity index (χ3v) is 5.08. The highest BCUT2D eigenvalue weighted by Crippen LogP contribution is 2.35. The van der Waals surface area contributed by atoms with Crippen molar-refractivity contribution in [2.24, 2.45) is 0 Å². The van der Waals surface area contributed by atoms with E-state index >= 15 is 0 Å². The monoisotopic (exact) mass is 267 g/mol. The van der Waals surface area contributed by atoms with Crippen molar-refractivity contribution in [1.82, 2.24) is 15.1 Å². The van der Waals surface area contributed by atoms with Gasteiger partial charge in [0.15, 0.2) is 0 Å². The molecule has 0 radical (unpaired) electrons. The zero-order valence-electron chi connectivity index (χ0n) is 13.4. The van der Waals surface area contributed by atoms with E-state index in [1.807, 2.05) is 0 Å². The normalized spacial score (nSPS) is 28.4. The van der Waals surface area contributed by atoms with Gasteiger partial charge in [-0.3, -0.25) is 4.90 Å². The summed E-state index contributed by atoms with van der Waals surface area (Å²) in [6.07, 6.45) is 8.31. The summed E-state index contributed by atoms with van der Waals surface area (Å²) in [6, 6.07) is 1.31. The molecule has 3 nitrogen and oxygen atoms in total. The maximum absolute atomic E-state index is 3.72. The second-order valence-electron chi connectivity index (χ2n) is 7.22. The van der Waals surface area contributed by atoms with Crippen LogP contribution in [-0.2, 0) is 0 Å². The van der Waals surface area contributed by atoms with Gasteiger partial charge in [-0.2, -0.15) is 0 Å². The molecule has 0 aromatic heterocycles. The molecule has 0 aromatic rings. The third-order valence-electron chi connectivity index (χ3n) is 5.08. The average Bonchev–Trinajstić information content (AvgIpc) is 2.78. The van der Waals surface area contributed by atoms with Crippen molar-refractivity contribution in [2.75, 3.05) is 33.7 Å². The molecule has 112 valence electrons. The van der Waals surface area contributed by atoms with Crippen molar-refractivity contribution in [3.8, 4) is 0 Å². The van der Waals surface area contributed by atoms with Crippen LogP contribution in [0.4, 0.5) is 0 Å². The molecule has 2 rings (SSSR count). The lowest BCUT2D eigenvalue weighted by Gasteiger charge is -2.43. The van der Waals surface area contributed by atoms with Gasteiger partial charge in [-0.05, 0) is 46.3 Å². The van der Waals surface area contributed by atoms with Crippen LogP contribution in [0.25, 0.3) is 0 Å². The van der Waals surface area contributed by atoms with Gasteiger partial charge in [0.2, 0.25) is 0 Å². The summed E-state index contributed by atoms with van der Waals surface area (Å²) >= 11 is 0. The summed E-state index contributed by atoms with van der Waals surface area (Å²) in [4.78, 5) is 5.22. The topological polar surface area (TPSA) is 18.5 Å². The Labute approximate surface area is 119 Å². The summed E-state index contributed by atoms with van der Waals surface area (Å²) in [7, 11) is 4.55. The van der Waals surface area contributed by atoms with Gasteiger partial charge in [-0.1, -0.05) is 26.7 Å². The minimum atomic E-state index is 0.458. The van der Waals surface area contributed by atoms with Crippen LogP contribution >= 0.6 is 0 Å². The van der Waals surface area contributed by atoms with Gasteiger partial charge >= 0.3 is 0 Å². The van der Waals surface area contributed by atoms with Crippen LogP contribution < -0.4 is 5.32 Å². The second-order valence-corrected chi connectivity index (χ2v) is 7.22. The van der Waals surface area contributed by atoms with Crippen LogP contribution in [0.15, 0.2) is 0 Å². The molecule has 0 bridgehead atoms. The molecule has 0 aromatic carbocycles. The quantitative estimate of drug-likeness (QED) is 0.825. The number of nitrogens with zero attached hydrogens (tertiary/aromatic N) is 2. The molecule has 1 unspecified atom stereocenters. The molecule has 3 heteroatoms. The van der Waals surface area contributed by atoms with E-state index in [-0.39, 0.29) is 0 Å². The summed E-state index contributed by atoms with van der Waals surface area (Å²) in [5.41, 5.74) is 0.458. The van der Waals surface area contributed by atoms with Crippen LogP contribution in [0.1, 0.15) is 52.4 Å². The molecular formula is C16H33N3. The van der Waals surface area contributed by atoms with Crippen molar-refractivity contribution in [1.29, 1.82) is 0 Å². The van der Waals surface area contributed by atoms with Crippen LogP contribution in [0.5, 0.6) is 0 Å². The van der Waals surface area contributed by atoms with Gasteiger partial charge in [0.05, 0.1) is 0 Å². The Morgan fingerprint density at radius 1 is 1.21 bits per heavy atom. The number of piperidine rings is 1. The van der Waals surface area contributed by atoms with Crippen molar-refractivity contribution in [2.45, 2.75) is 70.0 Å². The highest BCUT2D eigenvalue weighted by atomic mass is 15.2. The van der Waals surface area contributed by atoms with E-state index in [0.717, 1.165) is 0 Å². The van der Waals surface area contributed by atoms with E-state index < -0.39 is 0 Å². The summed E-state index contributed by atoms with van der Waals surface area (Å²) in [5.74, 6) is 0. The second kappa shape index (κ2) is 6.55. The van der Waals surface area contributed by atoms with Crippen molar-refractivity contribution < 1.29 is 0 Å². The highest BCUT2D eigenvalue weighted by Gasteiger charge is 2.38. The summed E-state index contributed by atoms with van der Waals surface area (Å²) in [5, 5.41) is 3.72. The lowest BCUT2D eigenvalue weighted by molar-refractivity contribution is 0.0728. The van der Waals surface area contributed by atoms with Gasteiger partial charge in [0, 0.05) is 30.7 Å². The fourth-order valence-electron chi connectivity index (χ4n) is 4.00. The molecule has 2 aliphatic rings. The average molecular weight is 267 g/mol. The van der Waals surface area contributed by atoms with E-state index in [1.165, 1.54) is 58.2 Å². The first kappa shape index (κ1) is 15.3. The molecule has 1 heterocycles. The van der Waals surface area contributed by atoms with Gasteiger partial charge in [0.1, 0.15) is 0 Å². The predicted molar refractivity (Wildman–Crippen MR) is 82.6 cm³/mol. The first-order chi connectivity index (χ1) is 9.02. The molecule has 0 spiro atoms. The van der Waals surface area contributed by atoms with Crippen molar-refractivity contribution in [3.05, 3.63) is 0 Å². The Morgan fingerprint density at radius 2 is 1.89 bits per heavy atom. The van der Waals surface area contributed by atoms with Gasteiger partial charge < -0.3 is 10.2 Å². The lowest BCUT2D eigenvalue weighted by Crippen LogP contribution is -2.55. The minimum absolute atomic E-state index is 0.458. The molecule has 1 atom stereocenters. The van der Waals surface area contributed by atoms with E-state index in [2.05, 4.69) is 43.1 Å². The number of hydrogen-bond donors (Lipinski definition) is 1. The Hall–Kier alpha value is -0.120. The van der Waals surface area contributed by atoms with E-state index in [4.69, 9.17) is 0 Å². The lowest BCUT2D eigenvalue weighted by atomic mass is 9.93. The largest absolute Gasteiger partial charge is 0.311 e. The number of nitrogens with one attached hydrogen (secondary N) is 1. The molecule has 1 aliphatic heterocycles. The molecule has 1 saturated carbocycles. The Bertz CT molecular complexity index is 269. The van der Waals surface area contributed by atoms with E-state index in [1.54, 1.807) is 0 Å². The molecular weight excluding hydrogens is 234 g/mol. The number of likely N-dealkylation sites (tertiary alicyclic amines) is 1. The van der Waals surface area contributed by atoms with Gasteiger partial charge in [-0.15, -0.1) is 0 Å². The number of likely N-dealkylation sites (N-methyl/N-ethyl adjacent to an activating group) is 1. The Morgan fingerprint density at radius 3 is 2.47 bits per heavy atom. The molecule has 1 N–H and O–H groups in total. The SMILES string of the molecule is CC(C)NC1CCCN(CC2(N(C)C)CCCC2)C1. The highest BCUT2D eigenvalue weighted by molar-refractivity contribution is 4.96. The maximum Gasteiger partial charge on any atom is 0.0330 e. The minimum Gasteiger partial charge on any atom is -0.311 e. The van der Waals surface area contributed by atoms with Crippen LogP contribution in [0.2, 0.25) is 0 Å². The van der Waals surface area contributed by atoms with Crippen LogP contribution in [0.3, 0.4) is 0 Å². The van der Waals surface area contributed by atoms with Crippen molar-refractivity contribution >= 4 is 0 Å². The van der Waals surface area contributed by atoms with E-state index in [9.17, 15) is 0 Å². The smallest absolute Gasteiger partial charge is 0.0330 e. The molecule has 2 fully saturated rings. The molecule has 19 heavy (non-hydrogen) atoms. The Balaban J connectivity index is 1.90. The molecule has 0 amide bonds. The predicted octanol–water partition coefficient (Wildman–Crippen LogP) is 2.32. The fraction of sp³-hybridized carbons (Fsp3) is 1.00. The standard InChI is InChI=1S/C16H33N3/c1-14(2)17-15-8-7-11-19(12-15)13-16(18(3)4)9-5-6-10-16/h14-15,17H,5-13H2,1-4H3. The van der Waals surface area contributed by atoms with Crippen molar-refractivity contribution in [3.63, 3.8) is 0 Å². The number of hydrogen-bond acceptors (Lipinski definition) is 3. The fourth-order valence-corrected chi connectivity index (χ4v) is 4.00. The zero-order valence-corrected chi connectivity index (χ0v) is 13.4. The van der Waals surface area contributed by atoms with Crippen LogP contribution in [-0.4, -0.2) is 61.2 Å². The Kier molecular flexibility index (Phi) is 5.27. The zero-order chi connectivity index (χ0) is 13.9. The first-order valence-corrected chi connectivity index (χ1v) is 8.18. The van der Waals surface area contributed by atoms with E-state index in [0.29, 0.717) is 17.6 Å². The van der Waals surface area contributed by atoms with Crippen LogP contribution in [0, 0.1) is 0 Å². The molecule has 1 saturated heterocycles. The number of rotatable bonds is 5. The molecule has 1 aliphatic carbocycles. The summed E-state index contributed by atoms with van der Waals surface area (Å²) < 4.78 is 0. The first-order valence-electron chi connectivity index (χ1n) is 8.18. The maximum atomic E-state index is 3.72.